The summed E-state index contributed by atoms with van der Waals surface area (Å²) in [4.78, 5) is 15.6. The maximum atomic E-state index is 11.8. The van der Waals surface area contributed by atoms with Crippen molar-refractivity contribution >= 4 is 17.3 Å². The lowest BCUT2D eigenvalue weighted by Gasteiger charge is -2.22. The van der Waals surface area contributed by atoms with Crippen LogP contribution in [0.15, 0.2) is 12.1 Å². The van der Waals surface area contributed by atoms with Crippen molar-refractivity contribution in [3.63, 3.8) is 0 Å². The molecule has 1 rings (SSSR count). The van der Waals surface area contributed by atoms with Gasteiger partial charge in [0, 0.05) is 11.4 Å². The Kier molecular flexibility index (Phi) is 9.36. The summed E-state index contributed by atoms with van der Waals surface area (Å²) in [6.45, 7) is 9.78. The lowest BCUT2D eigenvalue weighted by molar-refractivity contribution is 0.0511. The van der Waals surface area contributed by atoms with E-state index in [1.54, 1.807) is 6.07 Å². The van der Waals surface area contributed by atoms with Crippen LogP contribution in [0.25, 0.3) is 0 Å². The zero-order chi connectivity index (χ0) is 16.4. The summed E-state index contributed by atoms with van der Waals surface area (Å²) in [5, 5.41) is 10.3. The number of esters is 1. The Balaban J connectivity index is 2.49. The zero-order valence-electron chi connectivity index (χ0n) is 14.0. The van der Waals surface area contributed by atoms with Crippen molar-refractivity contribution in [3.05, 3.63) is 21.9 Å². The molecule has 0 aromatic carbocycles. The van der Waals surface area contributed by atoms with E-state index in [0.29, 0.717) is 17.9 Å². The van der Waals surface area contributed by atoms with Gasteiger partial charge in [-0.1, -0.05) is 20.8 Å². The van der Waals surface area contributed by atoms with Gasteiger partial charge in [-0.25, -0.2) is 4.79 Å². The molecule has 1 aromatic rings. The highest BCUT2D eigenvalue weighted by Gasteiger charge is 2.16. The molecule has 126 valence electrons. The molecule has 5 heteroatoms. The summed E-state index contributed by atoms with van der Waals surface area (Å²) < 4.78 is 5.11. The lowest BCUT2D eigenvalue weighted by atomic mass is 10.2. The molecule has 0 saturated carbocycles. The molecule has 1 unspecified atom stereocenters. The van der Waals surface area contributed by atoms with Gasteiger partial charge in [0.05, 0.1) is 12.7 Å². The van der Waals surface area contributed by atoms with Gasteiger partial charge in [-0.3, -0.25) is 0 Å². The number of aliphatic hydroxyl groups is 1. The summed E-state index contributed by atoms with van der Waals surface area (Å²) in [7, 11) is 0. The summed E-state index contributed by atoms with van der Waals surface area (Å²) in [6.07, 6.45) is 3.26. The Hall–Kier alpha value is -0.910. The Morgan fingerprint density at radius 2 is 1.86 bits per heavy atom. The van der Waals surface area contributed by atoms with Gasteiger partial charge in [-0.05, 0) is 50.9 Å². The van der Waals surface area contributed by atoms with Crippen molar-refractivity contribution in [1.82, 2.24) is 4.90 Å². The highest BCUT2D eigenvalue weighted by molar-refractivity contribution is 7.14. The molecule has 1 N–H and O–H groups in total. The van der Waals surface area contributed by atoms with Crippen LogP contribution in [0.1, 0.15) is 67.1 Å². The highest BCUT2D eigenvalue weighted by Crippen LogP contribution is 2.26. The minimum Gasteiger partial charge on any atom is -0.462 e. The van der Waals surface area contributed by atoms with E-state index >= 15 is 0 Å². The molecule has 0 saturated heterocycles. The van der Waals surface area contributed by atoms with E-state index in [9.17, 15) is 9.90 Å². The predicted octanol–water partition coefficient (Wildman–Crippen LogP) is 3.86. The summed E-state index contributed by atoms with van der Waals surface area (Å²) >= 11 is 1.33. The molecule has 0 bridgehead atoms. The third-order valence-electron chi connectivity index (χ3n) is 3.39. The zero-order valence-corrected chi connectivity index (χ0v) is 14.8. The highest BCUT2D eigenvalue weighted by atomic mass is 32.1. The molecule has 0 aliphatic heterocycles. The number of carbonyl (C=O) groups excluding carboxylic acids is 1. The van der Waals surface area contributed by atoms with Gasteiger partial charge in [-0.2, -0.15) is 0 Å². The van der Waals surface area contributed by atoms with Crippen molar-refractivity contribution in [2.45, 2.75) is 52.6 Å². The predicted molar refractivity (Wildman–Crippen MR) is 91.5 cm³/mol. The quantitative estimate of drug-likeness (QED) is 0.627. The standard InChI is InChI=1S/C17H29NO3S/c1-4-10-18(11-5-2)12-9-14(19)15-7-8-16(22-15)17(20)21-13-6-3/h7-8,14,19H,4-6,9-13H2,1-3H3. The smallest absolute Gasteiger partial charge is 0.348 e. The first-order valence-corrected chi connectivity index (χ1v) is 9.11. The van der Waals surface area contributed by atoms with Gasteiger partial charge in [-0.15, -0.1) is 11.3 Å². The van der Waals surface area contributed by atoms with E-state index in [2.05, 4.69) is 18.7 Å². The Labute approximate surface area is 138 Å². The third kappa shape index (κ3) is 6.46. The molecular weight excluding hydrogens is 298 g/mol. The minimum absolute atomic E-state index is 0.288. The molecule has 1 atom stereocenters. The molecule has 22 heavy (non-hydrogen) atoms. The van der Waals surface area contributed by atoms with Crippen molar-refractivity contribution in [3.8, 4) is 0 Å². The van der Waals surface area contributed by atoms with E-state index in [4.69, 9.17) is 4.74 Å². The van der Waals surface area contributed by atoms with Crippen LogP contribution in [-0.2, 0) is 4.74 Å². The topological polar surface area (TPSA) is 49.8 Å². The van der Waals surface area contributed by atoms with Crippen LogP contribution in [0.3, 0.4) is 0 Å². The maximum Gasteiger partial charge on any atom is 0.348 e. The van der Waals surface area contributed by atoms with Gasteiger partial charge >= 0.3 is 5.97 Å². The van der Waals surface area contributed by atoms with Crippen molar-refractivity contribution in [2.24, 2.45) is 0 Å². The molecule has 0 fully saturated rings. The van der Waals surface area contributed by atoms with Gasteiger partial charge in [0.2, 0.25) is 0 Å². The molecule has 0 aliphatic carbocycles. The lowest BCUT2D eigenvalue weighted by Crippen LogP contribution is -2.27. The second-order valence-corrected chi connectivity index (χ2v) is 6.60. The van der Waals surface area contributed by atoms with E-state index in [1.807, 2.05) is 13.0 Å². The molecule has 0 radical (unpaired) electrons. The van der Waals surface area contributed by atoms with Gasteiger partial charge in [0.15, 0.2) is 0 Å². The van der Waals surface area contributed by atoms with Crippen LogP contribution in [0.4, 0.5) is 0 Å². The number of aliphatic hydroxyl groups excluding tert-OH is 1. The normalized spacial score (nSPS) is 12.6. The molecule has 4 nitrogen and oxygen atoms in total. The van der Waals surface area contributed by atoms with Crippen LogP contribution >= 0.6 is 11.3 Å². The fraction of sp³-hybridized carbons (Fsp3) is 0.706. The summed E-state index contributed by atoms with van der Waals surface area (Å²) in [5.74, 6) is -0.288. The first-order valence-electron chi connectivity index (χ1n) is 8.29. The van der Waals surface area contributed by atoms with E-state index in [1.165, 1.54) is 11.3 Å². The van der Waals surface area contributed by atoms with Gasteiger partial charge in [0.1, 0.15) is 4.88 Å². The Morgan fingerprint density at radius 1 is 1.18 bits per heavy atom. The molecular formula is C17H29NO3S. The minimum atomic E-state index is -0.506. The summed E-state index contributed by atoms with van der Waals surface area (Å²) in [6, 6.07) is 3.58. The van der Waals surface area contributed by atoms with Crippen LogP contribution in [0.5, 0.6) is 0 Å². The average molecular weight is 327 g/mol. The largest absolute Gasteiger partial charge is 0.462 e. The van der Waals surface area contributed by atoms with Crippen LogP contribution < -0.4 is 0 Å². The van der Waals surface area contributed by atoms with E-state index < -0.39 is 6.10 Å². The second kappa shape index (κ2) is 10.8. The summed E-state index contributed by atoms with van der Waals surface area (Å²) in [5.41, 5.74) is 0. The van der Waals surface area contributed by atoms with Crippen molar-refractivity contribution < 1.29 is 14.6 Å². The first kappa shape index (κ1) is 19.1. The van der Waals surface area contributed by atoms with E-state index in [-0.39, 0.29) is 5.97 Å². The molecule has 1 aromatic heterocycles. The molecule has 0 spiro atoms. The number of hydrogen-bond acceptors (Lipinski definition) is 5. The first-order chi connectivity index (χ1) is 10.6. The number of nitrogens with zero attached hydrogens (tertiary/aromatic N) is 1. The van der Waals surface area contributed by atoms with E-state index in [0.717, 1.165) is 43.8 Å². The monoisotopic (exact) mass is 327 g/mol. The van der Waals surface area contributed by atoms with Crippen LogP contribution in [-0.4, -0.2) is 42.2 Å². The fourth-order valence-corrected chi connectivity index (χ4v) is 3.24. The van der Waals surface area contributed by atoms with Crippen LogP contribution in [0.2, 0.25) is 0 Å². The number of hydrogen-bond donors (Lipinski definition) is 1. The third-order valence-corrected chi connectivity index (χ3v) is 4.56. The molecule has 1 heterocycles. The van der Waals surface area contributed by atoms with Crippen LogP contribution in [0, 0.1) is 0 Å². The number of carbonyl (C=O) groups is 1. The average Bonchev–Trinajstić information content (AvgIpc) is 3.00. The van der Waals surface area contributed by atoms with Gasteiger partial charge < -0.3 is 14.7 Å². The van der Waals surface area contributed by atoms with Crippen molar-refractivity contribution in [1.29, 1.82) is 0 Å². The van der Waals surface area contributed by atoms with Gasteiger partial charge in [0.25, 0.3) is 0 Å². The fourth-order valence-electron chi connectivity index (χ4n) is 2.32. The number of thiophene rings is 1. The maximum absolute atomic E-state index is 11.8. The molecule has 0 aliphatic rings. The number of rotatable bonds is 11. The Morgan fingerprint density at radius 3 is 2.45 bits per heavy atom. The SMILES string of the molecule is CCCOC(=O)c1ccc(C(O)CCN(CCC)CCC)s1. The number of ether oxygens (including phenoxy) is 1. The second-order valence-electron chi connectivity index (χ2n) is 5.48. The Bertz CT molecular complexity index is 427. The van der Waals surface area contributed by atoms with Crippen molar-refractivity contribution in [2.75, 3.05) is 26.2 Å². The molecule has 0 amide bonds.